The molecule has 6 nitrogen and oxygen atoms in total. The minimum Gasteiger partial charge on any atom is -0.493 e. The van der Waals surface area contributed by atoms with Crippen LogP contribution in [0.1, 0.15) is 11.1 Å². The smallest absolute Gasteiger partial charge is 0.270 e. The highest BCUT2D eigenvalue weighted by Crippen LogP contribution is 2.31. The lowest BCUT2D eigenvalue weighted by Crippen LogP contribution is -2.54. The summed E-state index contributed by atoms with van der Waals surface area (Å²) in [4.78, 5) is 26.6. The number of halogens is 2. The van der Waals surface area contributed by atoms with E-state index in [4.69, 9.17) is 33.3 Å². The van der Waals surface area contributed by atoms with Crippen LogP contribution in [0.2, 0.25) is 5.02 Å². The molecule has 0 spiro atoms. The molecule has 2 amide bonds. The van der Waals surface area contributed by atoms with Crippen molar-refractivity contribution in [3.05, 3.63) is 94.3 Å². The van der Waals surface area contributed by atoms with E-state index in [1.807, 2.05) is 18.2 Å². The number of rotatable bonds is 6. The number of benzene rings is 3. The number of methoxy groups -OCH3 is 1. The first kappa shape index (κ1) is 23.4. The summed E-state index contributed by atoms with van der Waals surface area (Å²) in [7, 11) is 1.48. The summed E-state index contributed by atoms with van der Waals surface area (Å²) in [6, 6.07) is 17.9. The molecular formula is C25H18ClFN2O4S. The molecule has 0 saturated carbocycles. The van der Waals surface area contributed by atoms with Crippen LogP contribution >= 0.6 is 23.8 Å². The molecule has 3 aromatic carbocycles. The predicted octanol–water partition coefficient (Wildman–Crippen LogP) is 4.90. The van der Waals surface area contributed by atoms with Crippen molar-refractivity contribution in [2.45, 2.75) is 6.61 Å². The molecule has 0 bridgehead atoms. The Labute approximate surface area is 205 Å². The molecule has 9 heteroatoms. The van der Waals surface area contributed by atoms with Gasteiger partial charge in [0.05, 0.1) is 12.8 Å². The topological polar surface area (TPSA) is 67.9 Å². The second-order valence-electron chi connectivity index (χ2n) is 7.20. The zero-order valence-corrected chi connectivity index (χ0v) is 19.5. The molecule has 0 aromatic heterocycles. The summed E-state index contributed by atoms with van der Waals surface area (Å²) in [5.41, 5.74) is 1.06. The SMILES string of the molecule is COc1cc(/C=C2\C(=O)NC(=S)N(c3ccccc3F)C2=O)ccc1OCc1ccccc1Cl. The van der Waals surface area contributed by atoms with Crippen LogP contribution in [0.4, 0.5) is 10.1 Å². The van der Waals surface area contributed by atoms with Crippen LogP contribution in [0, 0.1) is 5.82 Å². The number of amides is 2. The maximum Gasteiger partial charge on any atom is 0.270 e. The lowest BCUT2D eigenvalue weighted by Gasteiger charge is -2.29. The Balaban J connectivity index is 1.61. The zero-order chi connectivity index (χ0) is 24.2. The molecule has 172 valence electrons. The first-order valence-electron chi connectivity index (χ1n) is 10.1. The van der Waals surface area contributed by atoms with Crippen molar-refractivity contribution in [2.75, 3.05) is 12.0 Å². The summed E-state index contributed by atoms with van der Waals surface area (Å²) in [5.74, 6) is -1.21. The normalized spacial score (nSPS) is 14.9. The highest BCUT2D eigenvalue weighted by atomic mass is 35.5. The second kappa shape index (κ2) is 10.0. The Kier molecular flexibility index (Phi) is 6.90. The fourth-order valence-corrected chi connectivity index (χ4v) is 3.80. The minimum atomic E-state index is -0.739. The Morgan fingerprint density at radius 1 is 1.06 bits per heavy atom. The molecule has 4 rings (SSSR count). The summed E-state index contributed by atoms with van der Waals surface area (Å²) >= 11 is 11.3. The van der Waals surface area contributed by atoms with Gasteiger partial charge in [-0.25, -0.2) is 9.29 Å². The number of carbonyl (C=O) groups is 2. The Bertz CT molecular complexity index is 1330. The van der Waals surface area contributed by atoms with E-state index in [1.54, 1.807) is 30.3 Å². The largest absolute Gasteiger partial charge is 0.493 e. The van der Waals surface area contributed by atoms with Gasteiger partial charge in [-0.05, 0) is 54.2 Å². The van der Waals surface area contributed by atoms with Crippen molar-refractivity contribution in [2.24, 2.45) is 0 Å². The number of hydrogen-bond acceptors (Lipinski definition) is 5. The van der Waals surface area contributed by atoms with E-state index in [1.165, 1.54) is 31.4 Å². The number of nitrogens with one attached hydrogen (secondary N) is 1. The van der Waals surface area contributed by atoms with Gasteiger partial charge in [0.2, 0.25) is 0 Å². The average Bonchev–Trinajstić information content (AvgIpc) is 2.82. The van der Waals surface area contributed by atoms with Gasteiger partial charge in [-0.15, -0.1) is 0 Å². The number of ether oxygens (including phenoxy) is 2. The molecule has 1 heterocycles. The highest BCUT2D eigenvalue weighted by Gasteiger charge is 2.35. The molecule has 34 heavy (non-hydrogen) atoms. The Hall–Kier alpha value is -3.75. The number of nitrogens with zero attached hydrogens (tertiary/aromatic N) is 1. The van der Waals surface area contributed by atoms with Gasteiger partial charge in [-0.2, -0.15) is 0 Å². The van der Waals surface area contributed by atoms with Crippen molar-refractivity contribution >= 4 is 52.5 Å². The number of carbonyl (C=O) groups excluding carboxylic acids is 2. The summed E-state index contributed by atoms with van der Waals surface area (Å²) in [6.45, 7) is 0.229. The zero-order valence-electron chi connectivity index (χ0n) is 17.9. The van der Waals surface area contributed by atoms with Gasteiger partial charge in [0.25, 0.3) is 11.8 Å². The molecule has 0 atom stereocenters. The molecule has 0 radical (unpaired) electrons. The quantitative estimate of drug-likeness (QED) is 0.299. The summed E-state index contributed by atoms with van der Waals surface area (Å²) in [5, 5.41) is 2.82. The number of hydrogen-bond donors (Lipinski definition) is 1. The lowest BCUT2D eigenvalue weighted by molar-refractivity contribution is -0.122. The molecule has 1 fully saturated rings. The van der Waals surface area contributed by atoms with E-state index in [9.17, 15) is 14.0 Å². The summed E-state index contributed by atoms with van der Waals surface area (Å²) in [6.07, 6.45) is 1.38. The van der Waals surface area contributed by atoms with E-state index in [-0.39, 0.29) is 23.0 Å². The molecule has 1 aliphatic heterocycles. The second-order valence-corrected chi connectivity index (χ2v) is 7.99. The van der Waals surface area contributed by atoms with E-state index in [2.05, 4.69) is 5.32 Å². The van der Waals surface area contributed by atoms with Crippen LogP contribution in [0.5, 0.6) is 11.5 Å². The third kappa shape index (κ3) is 4.78. The molecule has 1 aliphatic rings. The molecule has 0 unspecified atom stereocenters. The standard InChI is InChI=1S/C25H18ClFN2O4S/c1-32-22-13-15(10-11-21(22)33-14-16-6-2-3-7-18(16)26)12-17-23(30)28-25(34)29(24(17)31)20-9-5-4-8-19(20)27/h2-13H,14H2,1H3,(H,28,30,34)/b17-12+. The van der Waals surface area contributed by atoms with E-state index in [0.29, 0.717) is 22.1 Å². The molecule has 3 aromatic rings. The van der Waals surface area contributed by atoms with Crippen molar-refractivity contribution in [3.8, 4) is 11.5 Å². The van der Waals surface area contributed by atoms with Gasteiger partial charge in [-0.3, -0.25) is 14.9 Å². The van der Waals surface area contributed by atoms with Crippen molar-refractivity contribution in [3.63, 3.8) is 0 Å². The van der Waals surface area contributed by atoms with Crippen LogP contribution in [0.15, 0.2) is 72.3 Å². The van der Waals surface area contributed by atoms with Crippen molar-refractivity contribution in [1.29, 1.82) is 0 Å². The van der Waals surface area contributed by atoms with Crippen molar-refractivity contribution < 1.29 is 23.5 Å². The van der Waals surface area contributed by atoms with E-state index in [0.717, 1.165) is 10.5 Å². The van der Waals surface area contributed by atoms with Gasteiger partial charge in [0.1, 0.15) is 18.0 Å². The van der Waals surface area contributed by atoms with Crippen LogP contribution in [0.25, 0.3) is 6.08 Å². The monoisotopic (exact) mass is 496 g/mol. The van der Waals surface area contributed by atoms with E-state index >= 15 is 0 Å². The van der Waals surface area contributed by atoms with Crippen LogP contribution in [-0.4, -0.2) is 24.0 Å². The Morgan fingerprint density at radius 3 is 2.53 bits per heavy atom. The van der Waals surface area contributed by atoms with Crippen LogP contribution < -0.4 is 19.7 Å². The van der Waals surface area contributed by atoms with Crippen molar-refractivity contribution in [1.82, 2.24) is 5.32 Å². The van der Waals surface area contributed by atoms with Gasteiger partial charge >= 0.3 is 0 Å². The minimum absolute atomic E-state index is 0.0516. The average molecular weight is 497 g/mol. The highest BCUT2D eigenvalue weighted by molar-refractivity contribution is 7.80. The Morgan fingerprint density at radius 2 is 1.79 bits per heavy atom. The van der Waals surface area contributed by atoms with Crippen LogP contribution in [-0.2, 0) is 16.2 Å². The van der Waals surface area contributed by atoms with Gasteiger partial charge in [0, 0.05) is 10.6 Å². The molecule has 0 aliphatic carbocycles. The first-order valence-corrected chi connectivity index (χ1v) is 10.9. The fraction of sp³-hybridized carbons (Fsp3) is 0.0800. The lowest BCUT2D eigenvalue weighted by atomic mass is 10.1. The molecular weight excluding hydrogens is 479 g/mol. The third-order valence-electron chi connectivity index (χ3n) is 5.03. The first-order chi connectivity index (χ1) is 16.4. The van der Waals surface area contributed by atoms with Gasteiger partial charge in [-0.1, -0.05) is 48.0 Å². The number of anilines is 1. The molecule has 1 saturated heterocycles. The number of thiocarbonyl (C=S) groups is 1. The molecule has 1 N–H and O–H groups in total. The fourth-order valence-electron chi connectivity index (χ4n) is 3.34. The maximum atomic E-state index is 14.3. The van der Waals surface area contributed by atoms with E-state index < -0.39 is 17.6 Å². The van der Waals surface area contributed by atoms with Crippen LogP contribution in [0.3, 0.4) is 0 Å². The van der Waals surface area contributed by atoms with Gasteiger partial charge in [0.15, 0.2) is 16.6 Å². The predicted molar refractivity (Wildman–Crippen MR) is 131 cm³/mol. The third-order valence-corrected chi connectivity index (χ3v) is 5.69. The number of para-hydroxylation sites is 1. The summed E-state index contributed by atoms with van der Waals surface area (Å²) < 4.78 is 25.6. The van der Waals surface area contributed by atoms with Gasteiger partial charge < -0.3 is 9.47 Å². The maximum absolute atomic E-state index is 14.3.